The summed E-state index contributed by atoms with van der Waals surface area (Å²) in [6, 6.07) is 6.60. The lowest BCUT2D eigenvalue weighted by atomic mass is 10.1. The SMILES string of the molecule is CC(C)N(CCCO)C(=O)c1ccc(C(N)=NO)cc1. The Morgan fingerprint density at radius 1 is 1.30 bits per heavy atom. The van der Waals surface area contributed by atoms with Crippen molar-refractivity contribution < 1.29 is 15.1 Å². The molecular formula is C14H21N3O3. The normalized spacial score (nSPS) is 11.7. The molecule has 0 unspecified atom stereocenters. The molecule has 1 aromatic rings. The Morgan fingerprint density at radius 2 is 1.85 bits per heavy atom. The number of carbonyl (C=O) groups is 1. The van der Waals surface area contributed by atoms with Crippen LogP contribution in [0.25, 0.3) is 0 Å². The molecule has 0 heterocycles. The molecule has 0 aliphatic carbocycles. The lowest BCUT2D eigenvalue weighted by Crippen LogP contribution is -2.38. The summed E-state index contributed by atoms with van der Waals surface area (Å²) >= 11 is 0. The minimum Gasteiger partial charge on any atom is -0.409 e. The first kappa shape index (κ1) is 16.0. The Labute approximate surface area is 118 Å². The third-order valence-corrected chi connectivity index (χ3v) is 2.98. The zero-order valence-electron chi connectivity index (χ0n) is 11.8. The van der Waals surface area contributed by atoms with Gasteiger partial charge in [0.1, 0.15) is 0 Å². The number of aliphatic hydroxyl groups is 1. The van der Waals surface area contributed by atoms with Gasteiger partial charge in [-0.1, -0.05) is 17.3 Å². The molecule has 0 saturated heterocycles. The third kappa shape index (κ3) is 3.96. The van der Waals surface area contributed by atoms with Gasteiger partial charge in [0.15, 0.2) is 5.84 Å². The van der Waals surface area contributed by atoms with Crippen LogP contribution in [-0.2, 0) is 0 Å². The van der Waals surface area contributed by atoms with Crippen molar-refractivity contribution in [2.24, 2.45) is 10.9 Å². The molecule has 6 heteroatoms. The van der Waals surface area contributed by atoms with Crippen molar-refractivity contribution in [3.8, 4) is 0 Å². The first-order chi connectivity index (χ1) is 9.51. The van der Waals surface area contributed by atoms with Crippen LogP contribution >= 0.6 is 0 Å². The minimum absolute atomic E-state index is 0.00463. The van der Waals surface area contributed by atoms with Crippen molar-refractivity contribution >= 4 is 11.7 Å². The topological polar surface area (TPSA) is 99.2 Å². The summed E-state index contributed by atoms with van der Waals surface area (Å²) < 4.78 is 0. The van der Waals surface area contributed by atoms with Gasteiger partial charge >= 0.3 is 0 Å². The van der Waals surface area contributed by atoms with E-state index in [4.69, 9.17) is 16.0 Å². The minimum atomic E-state index is -0.0977. The van der Waals surface area contributed by atoms with Crippen LogP contribution in [0.4, 0.5) is 0 Å². The Kier molecular flexibility index (Phi) is 5.99. The van der Waals surface area contributed by atoms with Gasteiger partial charge in [-0.25, -0.2) is 0 Å². The van der Waals surface area contributed by atoms with Crippen molar-refractivity contribution in [1.82, 2.24) is 4.90 Å². The van der Waals surface area contributed by atoms with Crippen LogP contribution in [0.1, 0.15) is 36.2 Å². The smallest absolute Gasteiger partial charge is 0.254 e. The average molecular weight is 279 g/mol. The highest BCUT2D eigenvalue weighted by molar-refractivity contribution is 5.99. The van der Waals surface area contributed by atoms with E-state index in [9.17, 15) is 4.79 Å². The third-order valence-electron chi connectivity index (χ3n) is 2.98. The molecule has 1 rings (SSSR count). The maximum atomic E-state index is 12.4. The van der Waals surface area contributed by atoms with E-state index in [1.807, 2.05) is 13.8 Å². The highest BCUT2D eigenvalue weighted by Gasteiger charge is 2.18. The molecule has 4 N–H and O–H groups in total. The van der Waals surface area contributed by atoms with Crippen molar-refractivity contribution in [2.45, 2.75) is 26.3 Å². The van der Waals surface area contributed by atoms with Crippen LogP contribution in [0.5, 0.6) is 0 Å². The first-order valence-electron chi connectivity index (χ1n) is 6.51. The molecule has 0 saturated carbocycles. The van der Waals surface area contributed by atoms with Gasteiger partial charge in [-0.05, 0) is 32.4 Å². The second kappa shape index (κ2) is 7.49. The number of rotatable bonds is 6. The zero-order chi connectivity index (χ0) is 15.1. The summed E-state index contributed by atoms with van der Waals surface area (Å²) in [6.45, 7) is 4.42. The van der Waals surface area contributed by atoms with Gasteiger partial charge in [0, 0.05) is 30.3 Å². The molecule has 0 radical (unpaired) electrons. The van der Waals surface area contributed by atoms with Crippen LogP contribution in [-0.4, -0.2) is 46.1 Å². The highest BCUT2D eigenvalue weighted by Crippen LogP contribution is 2.11. The standard InChI is InChI=1S/C14H21N3O3/c1-10(2)17(8-3-9-18)14(19)12-6-4-11(5-7-12)13(15)16-20/h4-7,10,18,20H,3,8-9H2,1-2H3,(H2,15,16). The van der Waals surface area contributed by atoms with Crippen LogP contribution in [0, 0.1) is 0 Å². The average Bonchev–Trinajstić information content (AvgIpc) is 2.46. The fraction of sp³-hybridized carbons (Fsp3) is 0.429. The number of amides is 1. The van der Waals surface area contributed by atoms with Crippen molar-refractivity contribution in [1.29, 1.82) is 0 Å². The molecule has 0 fully saturated rings. The molecule has 0 aliphatic heterocycles. The first-order valence-corrected chi connectivity index (χ1v) is 6.51. The van der Waals surface area contributed by atoms with Crippen molar-refractivity contribution in [3.63, 3.8) is 0 Å². The van der Waals surface area contributed by atoms with Crippen LogP contribution in [0.2, 0.25) is 0 Å². The number of hydrogen-bond acceptors (Lipinski definition) is 4. The van der Waals surface area contributed by atoms with E-state index in [1.54, 1.807) is 29.2 Å². The fourth-order valence-corrected chi connectivity index (χ4v) is 1.84. The number of carbonyl (C=O) groups excluding carboxylic acids is 1. The van der Waals surface area contributed by atoms with E-state index in [-0.39, 0.29) is 24.4 Å². The Balaban J connectivity index is 2.89. The van der Waals surface area contributed by atoms with E-state index >= 15 is 0 Å². The predicted molar refractivity (Wildman–Crippen MR) is 76.8 cm³/mol. The molecule has 0 aromatic heterocycles. The van der Waals surface area contributed by atoms with E-state index in [0.717, 1.165) is 0 Å². The number of aliphatic hydroxyl groups excluding tert-OH is 1. The molecule has 0 atom stereocenters. The molecule has 0 bridgehead atoms. The largest absolute Gasteiger partial charge is 0.409 e. The molecule has 6 nitrogen and oxygen atoms in total. The van der Waals surface area contributed by atoms with E-state index in [2.05, 4.69) is 5.16 Å². The molecule has 110 valence electrons. The van der Waals surface area contributed by atoms with Gasteiger partial charge < -0.3 is 20.9 Å². The number of benzene rings is 1. The van der Waals surface area contributed by atoms with E-state index < -0.39 is 0 Å². The lowest BCUT2D eigenvalue weighted by molar-refractivity contribution is 0.0693. The molecular weight excluding hydrogens is 258 g/mol. The number of nitrogens with zero attached hydrogens (tertiary/aromatic N) is 2. The van der Waals surface area contributed by atoms with Gasteiger partial charge in [0.05, 0.1) is 0 Å². The molecule has 1 aromatic carbocycles. The highest BCUT2D eigenvalue weighted by atomic mass is 16.4. The second-order valence-electron chi connectivity index (χ2n) is 4.73. The summed E-state index contributed by atoms with van der Waals surface area (Å²) in [4.78, 5) is 14.1. The van der Waals surface area contributed by atoms with E-state index in [0.29, 0.717) is 24.1 Å². The maximum Gasteiger partial charge on any atom is 0.254 e. The summed E-state index contributed by atoms with van der Waals surface area (Å²) in [5.74, 6) is -0.0931. The summed E-state index contributed by atoms with van der Waals surface area (Å²) in [5.41, 5.74) is 6.56. The van der Waals surface area contributed by atoms with Crippen molar-refractivity contribution in [3.05, 3.63) is 35.4 Å². The number of amidine groups is 1. The monoisotopic (exact) mass is 279 g/mol. The molecule has 0 spiro atoms. The van der Waals surface area contributed by atoms with Gasteiger partial charge in [-0.3, -0.25) is 4.79 Å². The fourth-order valence-electron chi connectivity index (χ4n) is 1.84. The number of nitrogens with two attached hydrogens (primary N) is 1. The molecule has 0 aliphatic rings. The zero-order valence-corrected chi connectivity index (χ0v) is 11.8. The Bertz CT molecular complexity index is 469. The maximum absolute atomic E-state index is 12.4. The van der Waals surface area contributed by atoms with Gasteiger partial charge in [-0.2, -0.15) is 0 Å². The summed E-state index contributed by atoms with van der Waals surface area (Å²) in [7, 11) is 0. The van der Waals surface area contributed by atoms with E-state index in [1.165, 1.54) is 0 Å². The van der Waals surface area contributed by atoms with Gasteiger partial charge in [-0.15, -0.1) is 0 Å². The second-order valence-corrected chi connectivity index (χ2v) is 4.73. The van der Waals surface area contributed by atoms with Crippen LogP contribution < -0.4 is 5.73 Å². The van der Waals surface area contributed by atoms with Crippen LogP contribution in [0.15, 0.2) is 29.4 Å². The van der Waals surface area contributed by atoms with Crippen molar-refractivity contribution in [2.75, 3.05) is 13.2 Å². The Morgan fingerprint density at radius 3 is 2.30 bits per heavy atom. The Hall–Kier alpha value is -2.08. The number of hydrogen-bond donors (Lipinski definition) is 3. The van der Waals surface area contributed by atoms with Crippen LogP contribution in [0.3, 0.4) is 0 Å². The quantitative estimate of drug-likeness (QED) is 0.313. The summed E-state index contributed by atoms with van der Waals surface area (Å²) in [5, 5.41) is 20.4. The van der Waals surface area contributed by atoms with Gasteiger partial charge in [0.2, 0.25) is 0 Å². The number of oxime groups is 1. The lowest BCUT2D eigenvalue weighted by Gasteiger charge is -2.26. The summed E-state index contributed by atoms with van der Waals surface area (Å²) in [6.07, 6.45) is 0.548. The predicted octanol–water partition coefficient (Wildman–Crippen LogP) is 1.01. The molecule has 1 amide bonds. The van der Waals surface area contributed by atoms with Gasteiger partial charge in [0.25, 0.3) is 5.91 Å². The molecule has 20 heavy (non-hydrogen) atoms.